The Kier molecular flexibility index (Phi) is 6.26. The fourth-order valence-corrected chi connectivity index (χ4v) is 4.34. The van der Waals surface area contributed by atoms with Crippen molar-refractivity contribution in [3.8, 4) is 0 Å². The molecule has 27 heavy (non-hydrogen) atoms. The van der Waals surface area contributed by atoms with Crippen molar-refractivity contribution in [2.24, 2.45) is 0 Å². The van der Waals surface area contributed by atoms with Gasteiger partial charge in [-0.3, -0.25) is 9.59 Å². The van der Waals surface area contributed by atoms with E-state index in [4.69, 9.17) is 4.74 Å². The summed E-state index contributed by atoms with van der Waals surface area (Å²) in [6.07, 6.45) is 4.41. The Hall–Kier alpha value is -1.80. The number of amides is 2. The molecule has 1 saturated carbocycles. The number of pyridine rings is 1. The Bertz CT molecular complexity index is 695. The molecular weight excluding hydrogens is 366 g/mol. The monoisotopic (exact) mass is 393 g/mol. The number of hydrogen-bond donors (Lipinski definition) is 0. The summed E-state index contributed by atoms with van der Waals surface area (Å²) in [7, 11) is 1.77. The van der Waals surface area contributed by atoms with Gasteiger partial charge in [0.25, 0.3) is 5.03 Å². The molecule has 1 aromatic rings. The van der Waals surface area contributed by atoms with Crippen LogP contribution in [0.5, 0.6) is 0 Å². The molecule has 2 heterocycles. The lowest BCUT2D eigenvalue weighted by Gasteiger charge is -2.54. The standard InChI is InChI=1S/C19H27N3O4S/c1-3-20(2)16(23)11-15-12-21(19(14-26-15)8-6-9-19)17(24)13-27-18-7-4-5-10-22(18)25/h4-5,7,10,15H,3,6,8-9,11-14H2,1-2H3. The maximum Gasteiger partial charge on any atom is 0.251 e. The van der Waals surface area contributed by atoms with Crippen LogP contribution in [0.15, 0.2) is 29.4 Å². The molecule has 0 N–H and O–H groups in total. The molecule has 0 bridgehead atoms. The molecule has 2 aliphatic rings. The molecule has 0 aromatic carbocycles. The van der Waals surface area contributed by atoms with Crippen LogP contribution in [0.3, 0.4) is 0 Å². The minimum atomic E-state index is -0.271. The molecule has 1 saturated heterocycles. The van der Waals surface area contributed by atoms with Crippen LogP contribution >= 0.6 is 11.8 Å². The van der Waals surface area contributed by atoms with E-state index in [1.54, 1.807) is 30.1 Å². The van der Waals surface area contributed by atoms with Crippen LogP contribution in [0.4, 0.5) is 0 Å². The topological polar surface area (TPSA) is 76.8 Å². The Morgan fingerprint density at radius 3 is 2.85 bits per heavy atom. The normalized spacial score (nSPS) is 21.0. The highest BCUT2D eigenvalue weighted by Gasteiger charge is 2.49. The number of carbonyl (C=O) groups excluding carboxylic acids is 2. The average Bonchev–Trinajstić information content (AvgIpc) is 2.65. The molecule has 148 valence electrons. The van der Waals surface area contributed by atoms with Gasteiger partial charge in [-0.05, 0) is 44.0 Å². The van der Waals surface area contributed by atoms with E-state index in [1.165, 1.54) is 18.0 Å². The summed E-state index contributed by atoms with van der Waals surface area (Å²) >= 11 is 1.25. The van der Waals surface area contributed by atoms with Gasteiger partial charge in [0.1, 0.15) is 0 Å². The zero-order valence-corrected chi connectivity index (χ0v) is 16.7. The zero-order valence-electron chi connectivity index (χ0n) is 15.9. The Balaban J connectivity index is 1.63. The highest BCUT2D eigenvalue weighted by molar-refractivity contribution is 7.99. The van der Waals surface area contributed by atoms with E-state index in [-0.39, 0.29) is 35.6 Å². The molecule has 3 rings (SSSR count). The van der Waals surface area contributed by atoms with Gasteiger partial charge in [-0.15, -0.1) is 0 Å². The van der Waals surface area contributed by atoms with E-state index < -0.39 is 0 Å². The number of thioether (sulfide) groups is 1. The van der Waals surface area contributed by atoms with Crippen LogP contribution in [0, 0.1) is 5.21 Å². The first-order valence-corrected chi connectivity index (χ1v) is 10.4. The Labute approximate surface area is 164 Å². The highest BCUT2D eigenvalue weighted by Crippen LogP contribution is 2.41. The lowest BCUT2D eigenvalue weighted by atomic mass is 9.74. The number of nitrogens with zero attached hydrogens (tertiary/aromatic N) is 3. The molecule has 1 unspecified atom stereocenters. The lowest BCUT2D eigenvalue weighted by molar-refractivity contribution is -0.645. The largest absolute Gasteiger partial charge is 0.618 e. The maximum absolute atomic E-state index is 13.0. The van der Waals surface area contributed by atoms with E-state index in [0.717, 1.165) is 24.0 Å². The number of aromatic nitrogens is 1. The second kappa shape index (κ2) is 8.48. The maximum atomic E-state index is 13.0. The first kappa shape index (κ1) is 19.9. The average molecular weight is 394 g/mol. The predicted molar refractivity (Wildman–Crippen MR) is 102 cm³/mol. The van der Waals surface area contributed by atoms with Crippen molar-refractivity contribution in [3.63, 3.8) is 0 Å². The number of carbonyl (C=O) groups is 2. The smallest absolute Gasteiger partial charge is 0.251 e. The summed E-state index contributed by atoms with van der Waals surface area (Å²) in [6, 6.07) is 5.17. The van der Waals surface area contributed by atoms with E-state index in [9.17, 15) is 14.8 Å². The summed E-state index contributed by atoms with van der Waals surface area (Å²) in [5.74, 6) is 0.252. The van der Waals surface area contributed by atoms with Crippen molar-refractivity contribution in [1.82, 2.24) is 9.80 Å². The van der Waals surface area contributed by atoms with Gasteiger partial charge in [0.2, 0.25) is 11.8 Å². The Morgan fingerprint density at radius 1 is 1.44 bits per heavy atom. The van der Waals surface area contributed by atoms with E-state index in [1.807, 2.05) is 11.8 Å². The number of rotatable bonds is 6. The predicted octanol–water partition coefficient (Wildman–Crippen LogP) is 1.43. The fourth-order valence-electron chi connectivity index (χ4n) is 3.55. The van der Waals surface area contributed by atoms with Crippen LogP contribution in [-0.2, 0) is 14.3 Å². The third-order valence-electron chi connectivity index (χ3n) is 5.57. The summed E-state index contributed by atoms with van der Waals surface area (Å²) in [5, 5.41) is 12.3. The SMILES string of the molecule is CCN(C)C(=O)CC1CN(C(=O)CSc2cccc[n+]2[O-])C2(CCC2)CO1. The van der Waals surface area contributed by atoms with Gasteiger partial charge in [0.15, 0.2) is 6.20 Å². The van der Waals surface area contributed by atoms with Crippen molar-refractivity contribution in [2.45, 2.75) is 49.3 Å². The molecule has 1 spiro atoms. The van der Waals surface area contributed by atoms with Gasteiger partial charge in [-0.2, -0.15) is 4.73 Å². The summed E-state index contributed by atoms with van der Waals surface area (Å²) in [4.78, 5) is 28.7. The summed E-state index contributed by atoms with van der Waals surface area (Å²) in [6.45, 7) is 3.52. The van der Waals surface area contributed by atoms with Crippen LogP contribution in [0.2, 0.25) is 0 Å². The third kappa shape index (κ3) is 4.38. The van der Waals surface area contributed by atoms with Gasteiger partial charge in [-0.25, -0.2) is 0 Å². The van der Waals surface area contributed by atoms with Crippen molar-refractivity contribution >= 4 is 23.6 Å². The van der Waals surface area contributed by atoms with Crippen molar-refractivity contribution in [1.29, 1.82) is 0 Å². The lowest BCUT2D eigenvalue weighted by Crippen LogP contribution is -2.65. The Morgan fingerprint density at radius 2 is 2.22 bits per heavy atom. The van der Waals surface area contributed by atoms with E-state index in [2.05, 4.69) is 0 Å². The molecule has 0 radical (unpaired) electrons. The van der Waals surface area contributed by atoms with Gasteiger partial charge in [0.05, 0.1) is 30.4 Å². The summed E-state index contributed by atoms with van der Waals surface area (Å²) < 4.78 is 6.74. The first-order chi connectivity index (χ1) is 12.9. The van der Waals surface area contributed by atoms with Gasteiger partial charge in [-0.1, -0.05) is 0 Å². The molecule has 1 aliphatic heterocycles. The van der Waals surface area contributed by atoms with Crippen molar-refractivity contribution < 1.29 is 19.1 Å². The molecule has 1 aromatic heterocycles. The highest BCUT2D eigenvalue weighted by atomic mass is 32.2. The summed E-state index contributed by atoms with van der Waals surface area (Å²) in [5.41, 5.74) is -0.224. The molecule has 2 amide bonds. The number of ether oxygens (including phenoxy) is 1. The second-order valence-electron chi connectivity index (χ2n) is 7.28. The number of hydrogen-bond acceptors (Lipinski definition) is 5. The quantitative estimate of drug-likeness (QED) is 0.415. The molecule has 1 aliphatic carbocycles. The number of morpholine rings is 1. The minimum Gasteiger partial charge on any atom is -0.618 e. The van der Waals surface area contributed by atoms with Gasteiger partial charge in [0, 0.05) is 32.3 Å². The molecule has 8 heteroatoms. The van der Waals surface area contributed by atoms with E-state index >= 15 is 0 Å². The zero-order chi connectivity index (χ0) is 19.4. The first-order valence-electron chi connectivity index (χ1n) is 9.42. The van der Waals surface area contributed by atoms with Crippen LogP contribution < -0.4 is 4.73 Å². The molecule has 1 atom stereocenters. The van der Waals surface area contributed by atoms with Crippen LogP contribution in [-0.4, -0.2) is 65.8 Å². The van der Waals surface area contributed by atoms with Crippen molar-refractivity contribution in [2.75, 3.05) is 32.5 Å². The van der Waals surface area contributed by atoms with Crippen LogP contribution in [0.25, 0.3) is 0 Å². The minimum absolute atomic E-state index is 0.00754. The van der Waals surface area contributed by atoms with Crippen LogP contribution in [0.1, 0.15) is 32.6 Å². The third-order valence-corrected chi connectivity index (χ3v) is 6.57. The second-order valence-corrected chi connectivity index (χ2v) is 8.28. The molecule has 7 nitrogen and oxygen atoms in total. The van der Waals surface area contributed by atoms with E-state index in [0.29, 0.717) is 24.7 Å². The van der Waals surface area contributed by atoms with Crippen molar-refractivity contribution in [3.05, 3.63) is 29.6 Å². The molecular formula is C19H27N3O4S. The molecule has 2 fully saturated rings. The fraction of sp³-hybridized carbons (Fsp3) is 0.632. The van der Waals surface area contributed by atoms with Gasteiger partial charge >= 0.3 is 0 Å². The van der Waals surface area contributed by atoms with Gasteiger partial charge < -0.3 is 19.7 Å².